The monoisotopic (exact) mass is 237 g/mol. The maximum Gasteiger partial charge on any atom is 0.272 e. The van der Waals surface area contributed by atoms with Gasteiger partial charge in [-0.25, -0.2) is 0 Å². The van der Waals surface area contributed by atoms with Gasteiger partial charge in [-0.15, -0.1) is 0 Å². The van der Waals surface area contributed by atoms with Crippen molar-refractivity contribution >= 4 is 5.91 Å². The van der Waals surface area contributed by atoms with Gasteiger partial charge >= 0.3 is 0 Å². The molecular weight excluding hydrogens is 218 g/mol. The number of aryl methyl sites for hydroxylation is 2. The van der Waals surface area contributed by atoms with E-state index in [-0.39, 0.29) is 12.0 Å². The van der Waals surface area contributed by atoms with Gasteiger partial charge in [-0.1, -0.05) is 6.92 Å². The van der Waals surface area contributed by atoms with Crippen molar-refractivity contribution < 1.29 is 9.90 Å². The Hall–Kier alpha value is -1.36. The van der Waals surface area contributed by atoms with E-state index >= 15 is 0 Å². The highest BCUT2D eigenvalue weighted by molar-refractivity contribution is 5.92. The summed E-state index contributed by atoms with van der Waals surface area (Å²) in [7, 11) is 1.80. The number of carbonyl (C=O) groups is 1. The first-order valence-electron chi connectivity index (χ1n) is 6.12. The van der Waals surface area contributed by atoms with E-state index in [0.717, 1.165) is 12.1 Å². The maximum absolute atomic E-state index is 12.2. The minimum atomic E-state index is -0.253. The molecule has 0 radical (unpaired) electrons. The highest BCUT2D eigenvalue weighted by Crippen LogP contribution is 2.14. The fraction of sp³-hybridized carbons (Fsp3) is 0.667. The van der Waals surface area contributed by atoms with E-state index in [4.69, 9.17) is 0 Å². The Kier molecular flexibility index (Phi) is 3.47. The lowest BCUT2D eigenvalue weighted by atomic mass is 10.1. The van der Waals surface area contributed by atoms with Gasteiger partial charge in [-0.3, -0.25) is 9.48 Å². The van der Waals surface area contributed by atoms with Gasteiger partial charge in [-0.05, 0) is 25.3 Å². The normalized spacial score (nSPS) is 17.5. The smallest absolute Gasteiger partial charge is 0.272 e. The molecule has 0 aliphatic carbocycles. The second-order valence-electron chi connectivity index (χ2n) is 4.52. The predicted octanol–water partition coefficient (Wildman–Crippen LogP) is 0.579. The van der Waals surface area contributed by atoms with Crippen LogP contribution >= 0.6 is 0 Å². The lowest BCUT2D eigenvalue weighted by Gasteiger charge is -2.29. The van der Waals surface area contributed by atoms with Crippen LogP contribution in [-0.2, 0) is 13.5 Å². The number of nitrogens with zero attached hydrogens (tertiary/aromatic N) is 3. The number of piperidine rings is 1. The first-order chi connectivity index (χ1) is 8.11. The van der Waals surface area contributed by atoms with E-state index in [2.05, 4.69) is 5.10 Å². The van der Waals surface area contributed by atoms with E-state index < -0.39 is 0 Å². The third-order valence-corrected chi connectivity index (χ3v) is 3.26. The van der Waals surface area contributed by atoms with Crippen LogP contribution in [0.5, 0.6) is 0 Å². The predicted molar refractivity (Wildman–Crippen MR) is 63.7 cm³/mol. The van der Waals surface area contributed by atoms with Gasteiger partial charge < -0.3 is 10.0 Å². The summed E-state index contributed by atoms with van der Waals surface area (Å²) in [4.78, 5) is 14.0. The summed E-state index contributed by atoms with van der Waals surface area (Å²) in [6, 6.07) is 1.85. The molecule has 0 atom stereocenters. The summed E-state index contributed by atoms with van der Waals surface area (Å²) in [6.07, 6.45) is 1.92. The number of carbonyl (C=O) groups excluding carboxylic acids is 1. The SMILES string of the molecule is CCc1cc(C(=O)N2CCC(O)CC2)n(C)n1. The summed E-state index contributed by atoms with van der Waals surface area (Å²) in [6.45, 7) is 3.28. The Labute approximate surface area is 101 Å². The number of aromatic nitrogens is 2. The van der Waals surface area contributed by atoms with Crippen molar-refractivity contribution in [2.45, 2.75) is 32.3 Å². The zero-order valence-corrected chi connectivity index (χ0v) is 10.4. The molecule has 0 unspecified atom stereocenters. The van der Waals surface area contributed by atoms with E-state index in [1.54, 1.807) is 16.6 Å². The maximum atomic E-state index is 12.2. The lowest BCUT2D eigenvalue weighted by Crippen LogP contribution is -2.40. The average Bonchev–Trinajstić information content (AvgIpc) is 2.71. The second-order valence-corrected chi connectivity index (χ2v) is 4.52. The number of aliphatic hydroxyl groups excluding tert-OH is 1. The molecule has 0 aromatic carbocycles. The molecule has 1 fully saturated rings. The van der Waals surface area contributed by atoms with Crippen molar-refractivity contribution in [3.8, 4) is 0 Å². The summed E-state index contributed by atoms with van der Waals surface area (Å²) >= 11 is 0. The van der Waals surface area contributed by atoms with E-state index in [1.807, 2.05) is 13.0 Å². The van der Waals surface area contributed by atoms with Crippen molar-refractivity contribution in [2.75, 3.05) is 13.1 Å². The molecule has 1 amide bonds. The van der Waals surface area contributed by atoms with Gasteiger partial charge in [0.25, 0.3) is 5.91 Å². The Morgan fingerprint density at radius 1 is 1.53 bits per heavy atom. The van der Waals surface area contributed by atoms with Gasteiger partial charge in [-0.2, -0.15) is 5.10 Å². The van der Waals surface area contributed by atoms with Crippen LogP contribution in [0.3, 0.4) is 0 Å². The van der Waals surface area contributed by atoms with Crippen molar-refractivity contribution in [1.29, 1.82) is 0 Å². The number of rotatable bonds is 2. The topological polar surface area (TPSA) is 58.4 Å². The largest absolute Gasteiger partial charge is 0.393 e. The molecule has 1 aliphatic rings. The molecule has 17 heavy (non-hydrogen) atoms. The van der Waals surface area contributed by atoms with Crippen LogP contribution in [-0.4, -0.2) is 44.9 Å². The first-order valence-corrected chi connectivity index (χ1v) is 6.12. The molecule has 94 valence electrons. The molecule has 2 heterocycles. The number of aliphatic hydroxyl groups is 1. The fourth-order valence-corrected chi connectivity index (χ4v) is 2.13. The minimum absolute atomic E-state index is 0.0200. The molecule has 1 N–H and O–H groups in total. The Morgan fingerprint density at radius 2 is 2.18 bits per heavy atom. The molecular formula is C12H19N3O2. The fourth-order valence-electron chi connectivity index (χ4n) is 2.13. The summed E-state index contributed by atoms with van der Waals surface area (Å²) in [5.74, 6) is 0.0200. The van der Waals surface area contributed by atoms with Gasteiger partial charge in [0.1, 0.15) is 5.69 Å². The molecule has 0 bridgehead atoms. The molecule has 0 saturated carbocycles. The van der Waals surface area contributed by atoms with Crippen LogP contribution < -0.4 is 0 Å². The molecule has 0 spiro atoms. The Balaban J connectivity index is 2.11. The molecule has 1 saturated heterocycles. The minimum Gasteiger partial charge on any atom is -0.393 e. The van der Waals surface area contributed by atoms with Crippen molar-refractivity contribution in [3.05, 3.63) is 17.5 Å². The number of likely N-dealkylation sites (tertiary alicyclic amines) is 1. The van der Waals surface area contributed by atoms with E-state index in [0.29, 0.717) is 31.6 Å². The molecule has 5 heteroatoms. The number of hydrogen-bond acceptors (Lipinski definition) is 3. The van der Waals surface area contributed by atoms with E-state index in [9.17, 15) is 9.90 Å². The summed E-state index contributed by atoms with van der Waals surface area (Å²) < 4.78 is 1.65. The third-order valence-electron chi connectivity index (χ3n) is 3.26. The van der Waals surface area contributed by atoms with Crippen LogP contribution in [0, 0.1) is 0 Å². The zero-order valence-electron chi connectivity index (χ0n) is 10.4. The van der Waals surface area contributed by atoms with Crippen LogP contribution in [0.1, 0.15) is 35.9 Å². The van der Waals surface area contributed by atoms with Crippen LogP contribution in [0.15, 0.2) is 6.07 Å². The molecule has 2 rings (SSSR count). The van der Waals surface area contributed by atoms with Crippen molar-refractivity contribution in [1.82, 2.24) is 14.7 Å². The zero-order chi connectivity index (χ0) is 12.4. The average molecular weight is 237 g/mol. The molecule has 1 aromatic heterocycles. The second kappa shape index (κ2) is 4.87. The highest BCUT2D eigenvalue weighted by atomic mass is 16.3. The molecule has 5 nitrogen and oxygen atoms in total. The Morgan fingerprint density at radius 3 is 2.71 bits per heavy atom. The van der Waals surface area contributed by atoms with Gasteiger partial charge in [0.05, 0.1) is 11.8 Å². The summed E-state index contributed by atoms with van der Waals surface area (Å²) in [5.41, 5.74) is 1.58. The quantitative estimate of drug-likeness (QED) is 0.818. The lowest BCUT2D eigenvalue weighted by molar-refractivity contribution is 0.0537. The first kappa shape index (κ1) is 12.1. The number of hydrogen-bond donors (Lipinski definition) is 1. The van der Waals surface area contributed by atoms with Gasteiger partial charge in [0, 0.05) is 20.1 Å². The Bertz CT molecular complexity index is 406. The van der Waals surface area contributed by atoms with Gasteiger partial charge in [0.2, 0.25) is 0 Å². The van der Waals surface area contributed by atoms with Gasteiger partial charge in [0.15, 0.2) is 0 Å². The molecule has 1 aliphatic heterocycles. The van der Waals surface area contributed by atoms with Crippen molar-refractivity contribution in [3.63, 3.8) is 0 Å². The highest BCUT2D eigenvalue weighted by Gasteiger charge is 2.24. The van der Waals surface area contributed by atoms with Crippen LogP contribution in [0.4, 0.5) is 0 Å². The summed E-state index contributed by atoms with van der Waals surface area (Å²) in [5, 5.41) is 13.7. The standard InChI is InChI=1S/C12H19N3O2/c1-3-9-8-11(14(2)13-9)12(17)15-6-4-10(16)5-7-15/h8,10,16H,3-7H2,1-2H3. The van der Waals surface area contributed by atoms with Crippen molar-refractivity contribution in [2.24, 2.45) is 7.05 Å². The van der Waals surface area contributed by atoms with Crippen LogP contribution in [0.25, 0.3) is 0 Å². The van der Waals surface area contributed by atoms with E-state index in [1.165, 1.54) is 0 Å². The third kappa shape index (κ3) is 2.49. The number of amides is 1. The molecule has 1 aromatic rings. The van der Waals surface area contributed by atoms with Crippen LogP contribution in [0.2, 0.25) is 0 Å².